The fraction of sp³-hybridized carbons (Fsp3) is 0.929. The van der Waals surface area contributed by atoms with Gasteiger partial charge in [-0.15, -0.1) is 0 Å². The molecular weight excluding hydrogens is 242 g/mol. The maximum Gasteiger partial charge on any atom is 0.237 e. The Balaban J connectivity index is 1.99. The molecule has 19 heavy (non-hydrogen) atoms. The van der Waals surface area contributed by atoms with E-state index in [0.717, 1.165) is 38.8 Å². The molecule has 110 valence electrons. The number of likely N-dealkylation sites (tertiary alicyclic amines) is 1. The number of nitrogens with one attached hydrogen (secondary N) is 1. The first kappa shape index (κ1) is 14.8. The molecule has 0 aromatic rings. The maximum absolute atomic E-state index is 11.7. The van der Waals surface area contributed by atoms with E-state index in [0.29, 0.717) is 18.1 Å². The smallest absolute Gasteiger partial charge is 0.237 e. The SMILES string of the molecule is CNC1(C(N)=O)CCC(N2CCC(C)C(OC)C2)C1. The van der Waals surface area contributed by atoms with E-state index in [1.165, 1.54) is 0 Å². The van der Waals surface area contributed by atoms with Crippen LogP contribution in [0.15, 0.2) is 0 Å². The van der Waals surface area contributed by atoms with Gasteiger partial charge in [-0.1, -0.05) is 6.92 Å². The molecule has 5 heteroatoms. The normalized spacial score (nSPS) is 40.5. The number of nitrogens with zero attached hydrogens (tertiary/aromatic N) is 1. The lowest BCUT2D eigenvalue weighted by molar-refractivity contribution is -0.124. The largest absolute Gasteiger partial charge is 0.380 e. The summed E-state index contributed by atoms with van der Waals surface area (Å²) in [6, 6.07) is 0.449. The zero-order valence-corrected chi connectivity index (χ0v) is 12.3. The summed E-state index contributed by atoms with van der Waals surface area (Å²) >= 11 is 0. The fourth-order valence-electron chi connectivity index (χ4n) is 3.60. The summed E-state index contributed by atoms with van der Waals surface area (Å²) in [5.41, 5.74) is 5.06. The number of likely N-dealkylation sites (N-methyl/N-ethyl adjacent to an activating group) is 1. The highest BCUT2D eigenvalue weighted by Gasteiger charge is 2.45. The zero-order valence-electron chi connectivity index (χ0n) is 12.3. The molecule has 0 aromatic heterocycles. The van der Waals surface area contributed by atoms with Crippen LogP contribution in [0.2, 0.25) is 0 Å². The molecule has 3 N–H and O–H groups in total. The Morgan fingerprint density at radius 1 is 1.47 bits per heavy atom. The van der Waals surface area contributed by atoms with Crippen molar-refractivity contribution in [2.75, 3.05) is 27.2 Å². The van der Waals surface area contributed by atoms with Gasteiger partial charge in [0.05, 0.1) is 11.6 Å². The first-order valence-corrected chi connectivity index (χ1v) is 7.28. The monoisotopic (exact) mass is 269 g/mol. The molecule has 4 unspecified atom stereocenters. The second-order valence-electron chi connectivity index (χ2n) is 6.13. The molecule has 1 amide bonds. The van der Waals surface area contributed by atoms with Crippen LogP contribution < -0.4 is 11.1 Å². The third-order valence-corrected chi connectivity index (χ3v) is 5.18. The lowest BCUT2D eigenvalue weighted by Gasteiger charge is -2.40. The van der Waals surface area contributed by atoms with Gasteiger partial charge in [0, 0.05) is 19.7 Å². The van der Waals surface area contributed by atoms with Crippen molar-refractivity contribution >= 4 is 5.91 Å². The Hall–Kier alpha value is -0.650. The van der Waals surface area contributed by atoms with Gasteiger partial charge in [-0.05, 0) is 45.2 Å². The topological polar surface area (TPSA) is 67.6 Å². The van der Waals surface area contributed by atoms with Gasteiger partial charge < -0.3 is 15.8 Å². The Morgan fingerprint density at radius 3 is 2.74 bits per heavy atom. The van der Waals surface area contributed by atoms with E-state index in [4.69, 9.17) is 10.5 Å². The van der Waals surface area contributed by atoms with E-state index in [2.05, 4.69) is 17.1 Å². The molecule has 0 radical (unpaired) electrons. The van der Waals surface area contributed by atoms with Crippen LogP contribution in [0.3, 0.4) is 0 Å². The lowest BCUT2D eigenvalue weighted by atomic mass is 9.93. The highest BCUT2D eigenvalue weighted by Crippen LogP contribution is 2.35. The number of amides is 1. The molecule has 1 saturated carbocycles. The minimum atomic E-state index is -0.504. The molecule has 4 atom stereocenters. The Labute approximate surface area is 115 Å². The van der Waals surface area contributed by atoms with Crippen LogP contribution in [0.5, 0.6) is 0 Å². The van der Waals surface area contributed by atoms with Gasteiger partial charge in [0.15, 0.2) is 0 Å². The van der Waals surface area contributed by atoms with Crippen molar-refractivity contribution in [3.63, 3.8) is 0 Å². The summed E-state index contributed by atoms with van der Waals surface area (Å²) in [4.78, 5) is 14.2. The molecule has 1 saturated heterocycles. The van der Waals surface area contributed by atoms with Crippen LogP contribution in [0.1, 0.15) is 32.6 Å². The molecule has 2 aliphatic rings. The fourth-order valence-corrected chi connectivity index (χ4v) is 3.60. The molecular formula is C14H27N3O2. The van der Waals surface area contributed by atoms with Crippen LogP contribution in [0.4, 0.5) is 0 Å². The van der Waals surface area contributed by atoms with Crippen molar-refractivity contribution in [2.24, 2.45) is 11.7 Å². The molecule has 0 spiro atoms. The minimum absolute atomic E-state index is 0.217. The second-order valence-corrected chi connectivity index (χ2v) is 6.13. The predicted molar refractivity (Wildman–Crippen MR) is 74.8 cm³/mol. The minimum Gasteiger partial charge on any atom is -0.380 e. The number of hydrogen-bond acceptors (Lipinski definition) is 4. The lowest BCUT2D eigenvalue weighted by Crippen LogP contribution is -2.54. The van der Waals surface area contributed by atoms with Crippen LogP contribution in [-0.2, 0) is 9.53 Å². The summed E-state index contributed by atoms with van der Waals surface area (Å²) in [6.45, 7) is 4.33. The van der Waals surface area contributed by atoms with E-state index in [1.54, 1.807) is 7.11 Å². The highest BCUT2D eigenvalue weighted by molar-refractivity contribution is 5.85. The summed E-state index contributed by atoms with van der Waals surface area (Å²) in [7, 11) is 3.63. The van der Waals surface area contributed by atoms with E-state index in [9.17, 15) is 4.79 Å². The van der Waals surface area contributed by atoms with Crippen molar-refractivity contribution in [2.45, 2.75) is 50.3 Å². The summed E-state index contributed by atoms with van der Waals surface area (Å²) in [5, 5.41) is 3.15. The van der Waals surface area contributed by atoms with E-state index < -0.39 is 5.54 Å². The number of carbonyl (C=O) groups excluding carboxylic acids is 1. The van der Waals surface area contributed by atoms with Gasteiger partial charge in [0.1, 0.15) is 0 Å². The number of piperidine rings is 1. The molecule has 1 aliphatic carbocycles. The Morgan fingerprint density at radius 2 is 2.21 bits per heavy atom. The van der Waals surface area contributed by atoms with Crippen molar-refractivity contribution in [3.05, 3.63) is 0 Å². The average molecular weight is 269 g/mol. The number of ether oxygens (including phenoxy) is 1. The van der Waals surface area contributed by atoms with Crippen LogP contribution in [-0.4, -0.2) is 55.7 Å². The van der Waals surface area contributed by atoms with Crippen LogP contribution >= 0.6 is 0 Å². The third kappa shape index (κ3) is 2.78. The van der Waals surface area contributed by atoms with Gasteiger partial charge in [0.2, 0.25) is 5.91 Å². The van der Waals surface area contributed by atoms with Crippen molar-refractivity contribution in [3.8, 4) is 0 Å². The molecule has 0 aromatic carbocycles. The number of nitrogens with two attached hydrogens (primary N) is 1. The first-order chi connectivity index (χ1) is 9.02. The van der Waals surface area contributed by atoms with E-state index in [-0.39, 0.29) is 5.91 Å². The van der Waals surface area contributed by atoms with Crippen LogP contribution in [0.25, 0.3) is 0 Å². The molecule has 1 heterocycles. The van der Waals surface area contributed by atoms with Crippen LogP contribution in [0, 0.1) is 5.92 Å². The van der Waals surface area contributed by atoms with Gasteiger partial charge in [0.25, 0.3) is 0 Å². The predicted octanol–water partition coefficient (Wildman–Crippen LogP) is 0.339. The van der Waals surface area contributed by atoms with Crippen molar-refractivity contribution < 1.29 is 9.53 Å². The Bertz CT molecular complexity index is 337. The standard InChI is InChI=1S/C14H27N3O2/c1-10-5-7-17(9-12(10)19-3)11-4-6-14(8-11,16-2)13(15)18/h10-12,16H,4-9H2,1-3H3,(H2,15,18). The Kier molecular flexibility index (Phi) is 4.48. The number of carbonyl (C=O) groups is 1. The van der Waals surface area contributed by atoms with Gasteiger partial charge in [-0.3, -0.25) is 9.69 Å². The highest BCUT2D eigenvalue weighted by atomic mass is 16.5. The molecule has 0 bridgehead atoms. The van der Waals surface area contributed by atoms with E-state index in [1.807, 2.05) is 7.05 Å². The van der Waals surface area contributed by atoms with Crippen molar-refractivity contribution in [1.29, 1.82) is 0 Å². The molecule has 5 nitrogen and oxygen atoms in total. The maximum atomic E-state index is 11.7. The summed E-state index contributed by atoms with van der Waals surface area (Å²) in [5.74, 6) is 0.402. The number of primary amides is 1. The van der Waals surface area contributed by atoms with Gasteiger partial charge in [-0.2, -0.15) is 0 Å². The number of rotatable bonds is 4. The quantitative estimate of drug-likeness (QED) is 0.772. The molecule has 1 aliphatic heterocycles. The van der Waals surface area contributed by atoms with Gasteiger partial charge in [-0.25, -0.2) is 0 Å². The average Bonchev–Trinajstić information content (AvgIpc) is 2.85. The number of methoxy groups -OCH3 is 1. The molecule has 2 rings (SSSR count). The second kappa shape index (κ2) is 5.77. The zero-order chi connectivity index (χ0) is 14.0. The summed E-state index contributed by atoms with van der Waals surface area (Å²) in [6.07, 6.45) is 4.18. The summed E-state index contributed by atoms with van der Waals surface area (Å²) < 4.78 is 5.57. The van der Waals surface area contributed by atoms with Crippen molar-refractivity contribution in [1.82, 2.24) is 10.2 Å². The third-order valence-electron chi connectivity index (χ3n) is 5.18. The van der Waals surface area contributed by atoms with Gasteiger partial charge >= 0.3 is 0 Å². The molecule has 2 fully saturated rings. The number of hydrogen-bond donors (Lipinski definition) is 2. The first-order valence-electron chi connectivity index (χ1n) is 7.28. The van der Waals surface area contributed by atoms with E-state index >= 15 is 0 Å².